The third-order valence-electron chi connectivity index (χ3n) is 4.75. The van der Waals surface area contributed by atoms with Crippen LogP contribution in [0, 0.1) is 0 Å². The second-order valence-electron chi connectivity index (χ2n) is 7.35. The molecule has 2 unspecified atom stereocenters. The van der Waals surface area contributed by atoms with Crippen LogP contribution in [0.3, 0.4) is 0 Å². The van der Waals surface area contributed by atoms with Crippen LogP contribution < -0.4 is 5.73 Å². The van der Waals surface area contributed by atoms with E-state index >= 15 is 0 Å². The molecule has 0 heterocycles. The summed E-state index contributed by atoms with van der Waals surface area (Å²) in [4.78, 5) is 23.2. The minimum absolute atomic E-state index is 0.00784. The van der Waals surface area contributed by atoms with Crippen LogP contribution >= 0.6 is 0 Å². The zero-order chi connectivity index (χ0) is 20.5. The summed E-state index contributed by atoms with van der Waals surface area (Å²) >= 11 is 0. The van der Waals surface area contributed by atoms with E-state index in [0.29, 0.717) is 11.5 Å². The number of rotatable bonds is 18. The van der Waals surface area contributed by atoms with Crippen LogP contribution in [-0.2, 0) is 9.59 Å². The number of unbranched alkanes of at least 4 members (excludes halogenated alkanes) is 7. The van der Waals surface area contributed by atoms with Crippen LogP contribution in [0.4, 0.5) is 0 Å². The largest absolute Gasteiger partial charge is 0.394 e. The standard InChI is InChI=1S/C20H40N2O5/c1-2-3-4-5-8-11-17(24)12-9-6-7-10-13-18(25)14-15-22(27)20(26)19(21)16-23/h17,19,23-24,27H,2-16,21H2,1H3. The maximum atomic E-state index is 11.8. The second kappa shape index (κ2) is 17.1. The summed E-state index contributed by atoms with van der Waals surface area (Å²) in [6, 6.07) is -1.16. The fourth-order valence-electron chi connectivity index (χ4n) is 2.92. The molecule has 0 rings (SSSR count). The van der Waals surface area contributed by atoms with Gasteiger partial charge >= 0.3 is 0 Å². The van der Waals surface area contributed by atoms with Gasteiger partial charge in [-0.25, -0.2) is 5.06 Å². The Labute approximate surface area is 163 Å². The maximum absolute atomic E-state index is 11.8. The lowest BCUT2D eigenvalue weighted by molar-refractivity contribution is -0.168. The van der Waals surface area contributed by atoms with E-state index in [9.17, 15) is 19.9 Å². The van der Waals surface area contributed by atoms with Gasteiger partial charge in [-0.15, -0.1) is 0 Å². The van der Waals surface area contributed by atoms with Gasteiger partial charge in [0, 0.05) is 12.8 Å². The first-order chi connectivity index (χ1) is 12.9. The number of hydrogen-bond donors (Lipinski definition) is 4. The average Bonchev–Trinajstić information content (AvgIpc) is 2.67. The predicted octanol–water partition coefficient (Wildman–Crippen LogP) is 2.55. The summed E-state index contributed by atoms with van der Waals surface area (Å²) in [7, 11) is 0. The van der Waals surface area contributed by atoms with Crippen LogP contribution in [0.2, 0.25) is 0 Å². The Hall–Kier alpha value is -1.02. The van der Waals surface area contributed by atoms with E-state index in [4.69, 9.17) is 10.8 Å². The van der Waals surface area contributed by atoms with Crippen LogP contribution in [0.5, 0.6) is 0 Å². The lowest BCUT2D eigenvalue weighted by atomic mass is 10.0. The first-order valence-electron chi connectivity index (χ1n) is 10.5. The highest BCUT2D eigenvalue weighted by Crippen LogP contribution is 2.13. The third kappa shape index (κ3) is 14.7. The van der Waals surface area contributed by atoms with Crippen LogP contribution in [0.25, 0.3) is 0 Å². The summed E-state index contributed by atoms with van der Waals surface area (Å²) in [5.74, 6) is -0.791. The lowest BCUT2D eigenvalue weighted by Gasteiger charge is -2.17. The van der Waals surface area contributed by atoms with Crippen molar-refractivity contribution in [3.05, 3.63) is 0 Å². The van der Waals surface area contributed by atoms with Gasteiger partial charge < -0.3 is 15.9 Å². The molecule has 0 bridgehead atoms. The molecule has 0 fully saturated rings. The highest BCUT2D eigenvalue weighted by molar-refractivity contribution is 5.82. The molecular weight excluding hydrogens is 348 g/mol. The molecule has 0 aromatic heterocycles. The van der Waals surface area contributed by atoms with Crippen molar-refractivity contribution >= 4 is 11.7 Å². The second-order valence-corrected chi connectivity index (χ2v) is 7.35. The van der Waals surface area contributed by atoms with Crippen molar-refractivity contribution < 1.29 is 25.0 Å². The molecule has 0 saturated carbocycles. The number of amides is 1. The number of hydroxylamine groups is 2. The van der Waals surface area contributed by atoms with Crippen LogP contribution in [0.15, 0.2) is 0 Å². The molecule has 0 aliphatic heterocycles. The minimum Gasteiger partial charge on any atom is -0.394 e. The van der Waals surface area contributed by atoms with Crippen molar-refractivity contribution in [2.45, 2.75) is 103 Å². The zero-order valence-electron chi connectivity index (χ0n) is 16.9. The number of nitrogens with zero attached hydrogens (tertiary/aromatic N) is 1. The van der Waals surface area contributed by atoms with Crippen LogP contribution in [-0.4, -0.2) is 57.5 Å². The molecule has 1 amide bonds. The van der Waals surface area contributed by atoms with Crippen LogP contribution in [0.1, 0.15) is 90.4 Å². The van der Waals surface area contributed by atoms with Gasteiger partial charge in [-0.2, -0.15) is 0 Å². The average molecular weight is 389 g/mol. The first-order valence-corrected chi connectivity index (χ1v) is 10.5. The monoisotopic (exact) mass is 388 g/mol. The molecule has 5 N–H and O–H groups in total. The van der Waals surface area contributed by atoms with Crippen molar-refractivity contribution in [2.75, 3.05) is 13.2 Å². The molecular formula is C20H40N2O5. The van der Waals surface area contributed by atoms with Gasteiger partial charge in [-0.05, 0) is 19.3 Å². The van der Waals surface area contributed by atoms with Gasteiger partial charge in [0.05, 0.1) is 19.3 Å². The first kappa shape index (κ1) is 26.0. The Morgan fingerprint density at radius 1 is 0.926 bits per heavy atom. The molecule has 160 valence electrons. The number of carbonyl (C=O) groups is 2. The summed E-state index contributed by atoms with van der Waals surface area (Å²) in [6.45, 7) is 1.55. The molecule has 7 heteroatoms. The van der Waals surface area contributed by atoms with E-state index in [1.807, 2.05) is 0 Å². The normalized spacial score (nSPS) is 13.4. The summed E-state index contributed by atoms with van der Waals surface area (Å²) in [5, 5.41) is 28.6. The summed E-state index contributed by atoms with van der Waals surface area (Å²) < 4.78 is 0. The van der Waals surface area contributed by atoms with Crippen molar-refractivity contribution in [1.82, 2.24) is 5.06 Å². The highest BCUT2D eigenvalue weighted by atomic mass is 16.5. The molecule has 0 aliphatic carbocycles. The Kier molecular flexibility index (Phi) is 16.5. The summed E-state index contributed by atoms with van der Waals surface area (Å²) in [6.07, 6.45) is 11.8. The van der Waals surface area contributed by atoms with Crippen molar-refractivity contribution in [1.29, 1.82) is 0 Å². The van der Waals surface area contributed by atoms with Gasteiger partial charge in [-0.3, -0.25) is 14.8 Å². The minimum atomic E-state index is -1.16. The SMILES string of the molecule is CCCCCCCC(O)CCCCCCC(=O)CCN(O)C(=O)C(N)CO. The number of nitrogens with two attached hydrogens (primary N) is 1. The van der Waals surface area contributed by atoms with E-state index in [2.05, 4.69) is 6.92 Å². The Bertz CT molecular complexity index is 393. The Balaban J connectivity index is 3.56. The smallest absolute Gasteiger partial charge is 0.265 e. The molecule has 0 radical (unpaired) electrons. The number of Topliss-reactive ketones (excluding diaryl/α,β-unsaturated/α-hetero) is 1. The summed E-state index contributed by atoms with van der Waals surface area (Å²) in [5.41, 5.74) is 5.31. The number of carbonyl (C=O) groups excluding carboxylic acids is 2. The van der Waals surface area contributed by atoms with Crippen molar-refractivity contribution in [3.63, 3.8) is 0 Å². The highest BCUT2D eigenvalue weighted by Gasteiger charge is 2.19. The zero-order valence-corrected chi connectivity index (χ0v) is 16.9. The fourth-order valence-corrected chi connectivity index (χ4v) is 2.92. The van der Waals surface area contributed by atoms with E-state index in [1.54, 1.807) is 0 Å². The maximum Gasteiger partial charge on any atom is 0.265 e. The van der Waals surface area contributed by atoms with Crippen molar-refractivity contribution in [2.24, 2.45) is 5.73 Å². The predicted molar refractivity (Wildman–Crippen MR) is 105 cm³/mol. The molecule has 2 atom stereocenters. The van der Waals surface area contributed by atoms with E-state index in [1.165, 1.54) is 25.7 Å². The third-order valence-corrected chi connectivity index (χ3v) is 4.75. The quantitative estimate of drug-likeness (QED) is 0.162. The topological polar surface area (TPSA) is 124 Å². The van der Waals surface area contributed by atoms with Crippen molar-refractivity contribution in [3.8, 4) is 0 Å². The number of aliphatic hydroxyl groups is 2. The lowest BCUT2D eigenvalue weighted by Crippen LogP contribution is -2.44. The fraction of sp³-hybridized carbons (Fsp3) is 0.900. The molecule has 7 nitrogen and oxygen atoms in total. The molecule has 0 saturated heterocycles. The Morgan fingerprint density at radius 2 is 1.48 bits per heavy atom. The van der Waals surface area contributed by atoms with Gasteiger partial charge in [0.15, 0.2) is 0 Å². The van der Waals surface area contributed by atoms with E-state index < -0.39 is 18.6 Å². The van der Waals surface area contributed by atoms with E-state index in [0.717, 1.165) is 44.9 Å². The van der Waals surface area contributed by atoms with Gasteiger partial charge in [-0.1, -0.05) is 58.3 Å². The number of aliphatic hydroxyl groups excluding tert-OH is 2. The van der Waals surface area contributed by atoms with Gasteiger partial charge in [0.25, 0.3) is 5.91 Å². The molecule has 0 spiro atoms. The van der Waals surface area contributed by atoms with E-state index in [-0.39, 0.29) is 24.9 Å². The Morgan fingerprint density at radius 3 is 2.04 bits per heavy atom. The van der Waals surface area contributed by atoms with Gasteiger partial charge in [0.1, 0.15) is 11.8 Å². The molecule has 27 heavy (non-hydrogen) atoms. The molecule has 0 aliphatic rings. The van der Waals surface area contributed by atoms with Gasteiger partial charge in [0.2, 0.25) is 0 Å². The number of ketones is 1. The molecule has 0 aromatic carbocycles. The molecule has 0 aromatic rings. The number of hydrogen-bond acceptors (Lipinski definition) is 6.